The quantitative estimate of drug-likeness (QED) is 0.450. The summed E-state index contributed by atoms with van der Waals surface area (Å²) in [5, 5.41) is 0.115. The van der Waals surface area contributed by atoms with E-state index in [0.29, 0.717) is 24.5 Å². The van der Waals surface area contributed by atoms with Gasteiger partial charge in [0.25, 0.3) is 0 Å². The Hall–Kier alpha value is -1.62. The van der Waals surface area contributed by atoms with Crippen molar-refractivity contribution in [2.45, 2.75) is 72.5 Å². The molecule has 0 spiro atoms. The molecule has 0 saturated carbocycles. The number of hydrogen-bond donors (Lipinski definition) is 0. The zero-order valence-electron chi connectivity index (χ0n) is 18.9. The van der Waals surface area contributed by atoms with Crippen LogP contribution in [0, 0.1) is 0 Å². The molecular weight excluding hydrogens is 513 g/mol. The summed E-state index contributed by atoms with van der Waals surface area (Å²) in [5.41, 5.74) is -0.606. The average molecular weight is 539 g/mol. The van der Waals surface area contributed by atoms with E-state index in [1.165, 1.54) is 31.2 Å². The van der Waals surface area contributed by atoms with Crippen LogP contribution in [-0.4, -0.2) is 33.9 Å². The minimum atomic E-state index is -4.68. The summed E-state index contributed by atoms with van der Waals surface area (Å²) < 4.78 is 95.4. The Bertz CT molecular complexity index is 1280. The van der Waals surface area contributed by atoms with Crippen molar-refractivity contribution in [3.8, 4) is 0 Å². The van der Waals surface area contributed by atoms with Crippen LogP contribution in [0.25, 0.3) is 0 Å². The summed E-state index contributed by atoms with van der Waals surface area (Å²) in [6, 6.07) is 7.91. The zero-order chi connectivity index (χ0) is 25.5. The lowest BCUT2D eigenvalue weighted by atomic mass is 9.88. The predicted molar refractivity (Wildman–Crippen MR) is 123 cm³/mol. The van der Waals surface area contributed by atoms with Gasteiger partial charge in [-0.3, -0.25) is 0 Å². The normalized spacial score (nSPS) is 24.2. The van der Waals surface area contributed by atoms with Crippen LogP contribution in [0.2, 0.25) is 5.02 Å². The molecule has 0 amide bonds. The lowest BCUT2D eigenvalue weighted by molar-refractivity contribution is -0.137. The van der Waals surface area contributed by atoms with Gasteiger partial charge in [-0.1, -0.05) is 37.1 Å². The Labute approximate surface area is 203 Å². The first-order chi connectivity index (χ1) is 15.6. The Morgan fingerprint density at radius 2 is 1.74 bits per heavy atom. The second-order valence-corrected chi connectivity index (χ2v) is 13.8. The maximum absolute atomic E-state index is 13.7. The molecule has 1 aliphatic rings. The molecule has 3 atom stereocenters. The van der Waals surface area contributed by atoms with Gasteiger partial charge in [-0.2, -0.15) is 13.2 Å². The first-order valence-corrected chi connectivity index (χ1v) is 14.4. The molecule has 2 aromatic carbocycles. The van der Waals surface area contributed by atoms with Gasteiger partial charge in [0.2, 0.25) is 0 Å². The molecule has 1 heterocycles. The van der Waals surface area contributed by atoms with E-state index in [4.69, 9.17) is 16.3 Å². The molecule has 188 valence electrons. The molecule has 11 heteroatoms. The molecule has 5 nitrogen and oxygen atoms in total. The van der Waals surface area contributed by atoms with Gasteiger partial charge < -0.3 is 4.74 Å². The average Bonchev–Trinajstić information content (AvgIpc) is 2.72. The zero-order valence-corrected chi connectivity index (χ0v) is 21.3. The highest BCUT2D eigenvalue weighted by molar-refractivity contribution is 7.92. The summed E-state index contributed by atoms with van der Waals surface area (Å²) in [7, 11) is -7.70. The van der Waals surface area contributed by atoms with Crippen LogP contribution in [0.15, 0.2) is 52.3 Å². The molecule has 0 bridgehead atoms. The highest BCUT2D eigenvalue weighted by Gasteiger charge is 2.48. The van der Waals surface area contributed by atoms with E-state index >= 15 is 0 Å². The fourth-order valence-electron chi connectivity index (χ4n) is 4.30. The van der Waals surface area contributed by atoms with Crippen molar-refractivity contribution >= 4 is 31.3 Å². The number of benzene rings is 2. The van der Waals surface area contributed by atoms with Gasteiger partial charge in [0, 0.05) is 11.3 Å². The number of sulfone groups is 2. The summed E-state index contributed by atoms with van der Waals surface area (Å²) in [5.74, 6) is 0. The van der Waals surface area contributed by atoms with Crippen LogP contribution >= 0.6 is 11.6 Å². The number of halogens is 4. The first kappa shape index (κ1) is 27.0. The third-order valence-corrected chi connectivity index (χ3v) is 10.1. The lowest BCUT2D eigenvalue weighted by Crippen LogP contribution is -2.45. The van der Waals surface area contributed by atoms with E-state index in [1.807, 2.05) is 6.92 Å². The summed E-state index contributed by atoms with van der Waals surface area (Å²) in [6.45, 7) is 3.43. The summed E-state index contributed by atoms with van der Waals surface area (Å²) in [4.78, 5) is -0.388. The van der Waals surface area contributed by atoms with Gasteiger partial charge in [-0.25, -0.2) is 16.8 Å². The number of alkyl halides is 3. The fraction of sp³-hybridized carbons (Fsp3) is 0.478. The Kier molecular flexibility index (Phi) is 7.49. The van der Waals surface area contributed by atoms with Crippen molar-refractivity contribution in [2.75, 3.05) is 6.26 Å². The van der Waals surface area contributed by atoms with Gasteiger partial charge in [-0.05, 0) is 62.1 Å². The molecule has 34 heavy (non-hydrogen) atoms. The Morgan fingerprint density at radius 3 is 2.29 bits per heavy atom. The summed E-state index contributed by atoms with van der Waals surface area (Å²) >= 11 is 6.37. The molecular formula is C23H26ClF3O5S2. The van der Waals surface area contributed by atoms with Gasteiger partial charge in [0.15, 0.2) is 19.7 Å². The third-order valence-electron chi connectivity index (χ3n) is 6.11. The van der Waals surface area contributed by atoms with E-state index in [2.05, 4.69) is 0 Å². The van der Waals surface area contributed by atoms with Crippen molar-refractivity contribution in [1.82, 2.24) is 0 Å². The second kappa shape index (κ2) is 9.44. The minimum absolute atomic E-state index is 0.0153. The van der Waals surface area contributed by atoms with Crippen LogP contribution < -0.4 is 0 Å². The maximum Gasteiger partial charge on any atom is 0.416 e. The van der Waals surface area contributed by atoms with E-state index in [1.54, 1.807) is 0 Å². The van der Waals surface area contributed by atoms with E-state index in [-0.39, 0.29) is 22.8 Å². The molecule has 2 aromatic rings. The van der Waals surface area contributed by atoms with Crippen molar-refractivity contribution in [2.24, 2.45) is 0 Å². The van der Waals surface area contributed by atoms with Crippen LogP contribution in [-0.2, 0) is 30.6 Å². The molecule has 0 aliphatic carbocycles. The van der Waals surface area contributed by atoms with Gasteiger partial charge >= 0.3 is 6.18 Å². The van der Waals surface area contributed by atoms with E-state index < -0.39 is 53.3 Å². The molecule has 3 unspecified atom stereocenters. The maximum atomic E-state index is 13.7. The Balaban J connectivity index is 2.06. The molecule has 1 fully saturated rings. The largest absolute Gasteiger partial charge is 0.416 e. The van der Waals surface area contributed by atoms with Crippen molar-refractivity contribution in [3.05, 3.63) is 58.6 Å². The van der Waals surface area contributed by atoms with E-state index in [0.717, 1.165) is 18.4 Å². The standard InChI is InChI=1S/C23H26ClF3O5S2/c1-4-6-16-13-22(2,34(30,31)18-8-5-7-15(11-18)23(25,26)27)14-21(32-16)19-10-9-17(12-20(19)24)33(3,28)29/h5,7-12,16,21H,4,6,13-14H2,1-3H3. The van der Waals surface area contributed by atoms with Crippen molar-refractivity contribution < 1.29 is 34.7 Å². The van der Waals surface area contributed by atoms with Gasteiger partial charge in [0.05, 0.1) is 32.3 Å². The highest BCUT2D eigenvalue weighted by Crippen LogP contribution is 2.47. The van der Waals surface area contributed by atoms with Crippen LogP contribution in [0.4, 0.5) is 13.2 Å². The first-order valence-electron chi connectivity index (χ1n) is 10.7. The topological polar surface area (TPSA) is 77.5 Å². The Morgan fingerprint density at radius 1 is 1.06 bits per heavy atom. The van der Waals surface area contributed by atoms with Crippen LogP contribution in [0.3, 0.4) is 0 Å². The predicted octanol–water partition coefficient (Wildman–Crippen LogP) is 6.02. The van der Waals surface area contributed by atoms with Gasteiger partial charge in [0.1, 0.15) is 0 Å². The highest BCUT2D eigenvalue weighted by atomic mass is 35.5. The molecule has 1 saturated heterocycles. The lowest BCUT2D eigenvalue weighted by Gasteiger charge is -2.42. The number of rotatable bonds is 6. The molecule has 0 radical (unpaired) electrons. The van der Waals surface area contributed by atoms with Crippen molar-refractivity contribution in [1.29, 1.82) is 0 Å². The fourth-order valence-corrected chi connectivity index (χ4v) is 7.20. The number of ether oxygens (including phenoxy) is 1. The third kappa shape index (κ3) is 5.45. The molecule has 1 aliphatic heterocycles. The smallest absolute Gasteiger partial charge is 0.370 e. The van der Waals surface area contributed by atoms with Gasteiger partial charge in [-0.15, -0.1) is 0 Å². The molecule has 0 N–H and O–H groups in total. The van der Waals surface area contributed by atoms with Crippen molar-refractivity contribution in [3.63, 3.8) is 0 Å². The van der Waals surface area contributed by atoms with Crippen LogP contribution in [0.5, 0.6) is 0 Å². The monoisotopic (exact) mass is 538 g/mol. The van der Waals surface area contributed by atoms with E-state index in [9.17, 15) is 30.0 Å². The number of hydrogen-bond acceptors (Lipinski definition) is 5. The summed E-state index contributed by atoms with van der Waals surface area (Å²) in [6.07, 6.45) is -3.58. The molecule has 0 aromatic heterocycles. The molecule has 3 rings (SSSR count). The SMILES string of the molecule is CCCC1CC(C)(S(=O)(=O)c2cccc(C(F)(F)F)c2)CC(c2ccc(S(C)(=O)=O)cc2Cl)O1. The minimum Gasteiger partial charge on any atom is -0.370 e. The van der Waals surface area contributed by atoms with Crippen LogP contribution in [0.1, 0.15) is 56.8 Å². The second-order valence-electron chi connectivity index (χ2n) is 8.88.